The van der Waals surface area contributed by atoms with Crippen LogP contribution in [-0.4, -0.2) is 47.5 Å². The standard InChI is InChI=1S/C20H23N5O2/c26-18-12-15(13-25(18)17-7-2-1-3-8-17)19(27)23-16-6-4-11-24(14-16)20-21-9-5-10-22-20/h1-3,5,7-10,15-16H,4,6,11-14H2,(H,23,27). The molecule has 0 spiro atoms. The van der Waals surface area contributed by atoms with E-state index in [1.165, 1.54) is 0 Å². The molecule has 2 fully saturated rings. The minimum Gasteiger partial charge on any atom is -0.351 e. The number of para-hydroxylation sites is 1. The monoisotopic (exact) mass is 365 g/mol. The molecule has 2 atom stereocenters. The summed E-state index contributed by atoms with van der Waals surface area (Å²) in [4.78, 5) is 37.5. The molecule has 0 aliphatic carbocycles. The predicted octanol–water partition coefficient (Wildman–Crippen LogP) is 1.61. The fraction of sp³-hybridized carbons (Fsp3) is 0.400. The van der Waals surface area contributed by atoms with Crippen molar-refractivity contribution in [1.29, 1.82) is 0 Å². The van der Waals surface area contributed by atoms with Crippen molar-refractivity contribution >= 4 is 23.5 Å². The molecule has 140 valence electrons. The van der Waals surface area contributed by atoms with Gasteiger partial charge in [0.15, 0.2) is 0 Å². The Kier molecular flexibility index (Phi) is 5.00. The molecular weight excluding hydrogens is 342 g/mol. The van der Waals surface area contributed by atoms with Crippen molar-refractivity contribution in [2.75, 3.05) is 29.4 Å². The van der Waals surface area contributed by atoms with Crippen LogP contribution in [0.2, 0.25) is 0 Å². The maximum atomic E-state index is 12.7. The van der Waals surface area contributed by atoms with Gasteiger partial charge in [-0.2, -0.15) is 0 Å². The van der Waals surface area contributed by atoms with E-state index < -0.39 is 0 Å². The molecular formula is C20H23N5O2. The topological polar surface area (TPSA) is 78.4 Å². The molecule has 3 heterocycles. The Hall–Kier alpha value is -2.96. The van der Waals surface area contributed by atoms with Crippen LogP contribution in [0, 0.1) is 5.92 Å². The Morgan fingerprint density at radius 1 is 1.07 bits per heavy atom. The van der Waals surface area contributed by atoms with Crippen LogP contribution in [0.5, 0.6) is 0 Å². The first-order valence-electron chi connectivity index (χ1n) is 9.38. The van der Waals surface area contributed by atoms with E-state index in [1.807, 2.05) is 30.3 Å². The average molecular weight is 365 g/mol. The quantitative estimate of drug-likeness (QED) is 0.891. The molecule has 2 unspecified atom stereocenters. The van der Waals surface area contributed by atoms with E-state index in [-0.39, 0.29) is 30.2 Å². The van der Waals surface area contributed by atoms with E-state index in [2.05, 4.69) is 20.2 Å². The van der Waals surface area contributed by atoms with Crippen LogP contribution < -0.4 is 15.1 Å². The van der Waals surface area contributed by atoms with Gasteiger partial charge in [-0.15, -0.1) is 0 Å². The van der Waals surface area contributed by atoms with Gasteiger partial charge in [-0.25, -0.2) is 9.97 Å². The van der Waals surface area contributed by atoms with Gasteiger partial charge in [-0.1, -0.05) is 18.2 Å². The molecule has 2 saturated heterocycles. The van der Waals surface area contributed by atoms with E-state index in [0.717, 1.165) is 25.1 Å². The first-order chi connectivity index (χ1) is 13.2. The molecule has 27 heavy (non-hydrogen) atoms. The van der Waals surface area contributed by atoms with Crippen LogP contribution in [0.1, 0.15) is 19.3 Å². The second kappa shape index (κ2) is 7.73. The number of benzene rings is 1. The Morgan fingerprint density at radius 2 is 1.85 bits per heavy atom. The van der Waals surface area contributed by atoms with Crippen molar-refractivity contribution in [1.82, 2.24) is 15.3 Å². The number of nitrogens with one attached hydrogen (secondary N) is 1. The molecule has 2 aromatic rings. The molecule has 7 nitrogen and oxygen atoms in total. The maximum absolute atomic E-state index is 12.7. The molecule has 7 heteroatoms. The summed E-state index contributed by atoms with van der Waals surface area (Å²) in [5.74, 6) is 0.357. The summed E-state index contributed by atoms with van der Waals surface area (Å²) in [7, 11) is 0. The molecule has 2 amide bonds. The minimum absolute atomic E-state index is 0.00399. The molecule has 2 aliphatic heterocycles. The highest BCUT2D eigenvalue weighted by Gasteiger charge is 2.36. The minimum atomic E-state index is -0.305. The highest BCUT2D eigenvalue weighted by molar-refractivity contribution is 6.00. The molecule has 4 rings (SSSR count). The summed E-state index contributed by atoms with van der Waals surface area (Å²) in [5.41, 5.74) is 0.850. The largest absolute Gasteiger partial charge is 0.351 e. The fourth-order valence-electron chi connectivity index (χ4n) is 3.79. The van der Waals surface area contributed by atoms with Gasteiger partial charge in [-0.3, -0.25) is 9.59 Å². The van der Waals surface area contributed by atoms with E-state index >= 15 is 0 Å². The highest BCUT2D eigenvalue weighted by Crippen LogP contribution is 2.25. The molecule has 1 aromatic heterocycles. The summed E-state index contributed by atoms with van der Waals surface area (Å²) in [6.07, 6.45) is 5.62. The van der Waals surface area contributed by atoms with Crippen LogP contribution in [0.15, 0.2) is 48.8 Å². The zero-order valence-corrected chi connectivity index (χ0v) is 15.1. The number of aromatic nitrogens is 2. The van der Waals surface area contributed by atoms with Gasteiger partial charge in [0, 0.05) is 50.2 Å². The number of carbonyl (C=O) groups is 2. The highest BCUT2D eigenvalue weighted by atomic mass is 16.2. The molecule has 1 aromatic carbocycles. The summed E-state index contributed by atoms with van der Waals surface area (Å²) in [5, 5.41) is 3.14. The third kappa shape index (κ3) is 3.92. The average Bonchev–Trinajstić information content (AvgIpc) is 3.11. The lowest BCUT2D eigenvalue weighted by molar-refractivity contribution is -0.127. The second-order valence-corrected chi connectivity index (χ2v) is 7.08. The zero-order chi connectivity index (χ0) is 18.6. The number of hydrogen-bond acceptors (Lipinski definition) is 5. The summed E-state index contributed by atoms with van der Waals surface area (Å²) >= 11 is 0. The molecule has 2 aliphatic rings. The Balaban J connectivity index is 1.36. The molecule has 0 radical (unpaired) electrons. The number of nitrogens with zero attached hydrogens (tertiary/aromatic N) is 4. The van der Waals surface area contributed by atoms with E-state index in [1.54, 1.807) is 23.4 Å². The zero-order valence-electron chi connectivity index (χ0n) is 15.1. The summed E-state index contributed by atoms with van der Waals surface area (Å²) in [6, 6.07) is 11.4. The lowest BCUT2D eigenvalue weighted by Crippen LogP contribution is -2.50. The van der Waals surface area contributed by atoms with Crippen LogP contribution in [0.25, 0.3) is 0 Å². The van der Waals surface area contributed by atoms with Crippen molar-refractivity contribution < 1.29 is 9.59 Å². The Labute approximate surface area is 158 Å². The maximum Gasteiger partial charge on any atom is 0.227 e. The van der Waals surface area contributed by atoms with Gasteiger partial charge in [0.1, 0.15) is 0 Å². The van der Waals surface area contributed by atoms with Crippen LogP contribution in [-0.2, 0) is 9.59 Å². The Morgan fingerprint density at radius 3 is 2.63 bits per heavy atom. The van der Waals surface area contributed by atoms with Crippen LogP contribution in [0.3, 0.4) is 0 Å². The molecule has 1 N–H and O–H groups in total. The smallest absolute Gasteiger partial charge is 0.227 e. The number of hydrogen-bond donors (Lipinski definition) is 1. The predicted molar refractivity (Wildman–Crippen MR) is 102 cm³/mol. The van der Waals surface area contributed by atoms with E-state index in [0.29, 0.717) is 19.0 Å². The fourth-order valence-corrected chi connectivity index (χ4v) is 3.79. The molecule has 0 bridgehead atoms. The van der Waals surface area contributed by atoms with Crippen molar-refractivity contribution in [3.8, 4) is 0 Å². The van der Waals surface area contributed by atoms with Gasteiger partial charge in [0.05, 0.1) is 5.92 Å². The second-order valence-electron chi connectivity index (χ2n) is 7.08. The van der Waals surface area contributed by atoms with Gasteiger partial charge in [0.25, 0.3) is 0 Å². The number of rotatable bonds is 4. The lowest BCUT2D eigenvalue weighted by atomic mass is 10.0. The summed E-state index contributed by atoms with van der Waals surface area (Å²) in [6.45, 7) is 2.02. The van der Waals surface area contributed by atoms with Gasteiger partial charge in [-0.05, 0) is 31.0 Å². The van der Waals surface area contributed by atoms with E-state index in [9.17, 15) is 9.59 Å². The normalized spacial score (nSPS) is 22.7. The van der Waals surface area contributed by atoms with Crippen molar-refractivity contribution in [3.63, 3.8) is 0 Å². The van der Waals surface area contributed by atoms with Crippen molar-refractivity contribution in [2.45, 2.75) is 25.3 Å². The van der Waals surface area contributed by atoms with Gasteiger partial charge >= 0.3 is 0 Å². The Bertz CT molecular complexity index is 799. The third-order valence-electron chi connectivity index (χ3n) is 5.17. The van der Waals surface area contributed by atoms with Gasteiger partial charge < -0.3 is 15.1 Å². The first-order valence-corrected chi connectivity index (χ1v) is 9.38. The number of piperidine rings is 1. The SMILES string of the molecule is O=C(NC1CCCN(c2ncccn2)C1)C1CC(=O)N(c2ccccc2)C1. The number of anilines is 2. The van der Waals surface area contributed by atoms with E-state index in [4.69, 9.17) is 0 Å². The van der Waals surface area contributed by atoms with Crippen LogP contribution in [0.4, 0.5) is 11.6 Å². The summed E-state index contributed by atoms with van der Waals surface area (Å²) < 4.78 is 0. The van der Waals surface area contributed by atoms with Crippen LogP contribution >= 0.6 is 0 Å². The third-order valence-corrected chi connectivity index (χ3v) is 5.17. The number of carbonyl (C=O) groups excluding carboxylic acids is 2. The van der Waals surface area contributed by atoms with Gasteiger partial charge in [0.2, 0.25) is 17.8 Å². The lowest BCUT2D eigenvalue weighted by Gasteiger charge is -2.33. The number of amides is 2. The van der Waals surface area contributed by atoms with Crippen molar-refractivity contribution in [2.24, 2.45) is 5.92 Å². The van der Waals surface area contributed by atoms with Crippen molar-refractivity contribution in [3.05, 3.63) is 48.8 Å². The molecule has 0 saturated carbocycles. The first kappa shape index (κ1) is 17.5.